The Morgan fingerprint density at radius 1 is 0.829 bits per heavy atom. The molecule has 0 bridgehead atoms. The van der Waals surface area contributed by atoms with Crippen molar-refractivity contribution in [1.82, 2.24) is 15.6 Å². The van der Waals surface area contributed by atoms with Crippen molar-refractivity contribution in [3.63, 3.8) is 0 Å². The van der Waals surface area contributed by atoms with Crippen molar-refractivity contribution < 1.29 is 14.7 Å². The summed E-state index contributed by atoms with van der Waals surface area (Å²) in [5, 5.41) is 18.2. The fourth-order valence-corrected chi connectivity index (χ4v) is 3.95. The second kappa shape index (κ2) is 11.3. The molecule has 2 atom stereocenters. The summed E-state index contributed by atoms with van der Waals surface area (Å²) in [6, 6.07) is 25.6. The molecule has 0 spiro atoms. The summed E-state index contributed by atoms with van der Waals surface area (Å²) >= 11 is 0. The Morgan fingerprint density at radius 3 is 2.34 bits per heavy atom. The van der Waals surface area contributed by atoms with Crippen LogP contribution >= 0.6 is 0 Å². The van der Waals surface area contributed by atoms with E-state index in [0.29, 0.717) is 5.82 Å². The van der Waals surface area contributed by atoms with Crippen LogP contribution in [-0.2, 0) is 29.0 Å². The third kappa shape index (κ3) is 6.43. The molecule has 0 aliphatic heterocycles. The molecule has 4 rings (SSSR count). The molecule has 0 saturated carbocycles. The van der Waals surface area contributed by atoms with Crippen molar-refractivity contribution in [2.24, 2.45) is 0 Å². The molecule has 0 unspecified atom stereocenters. The van der Waals surface area contributed by atoms with Crippen LogP contribution in [0.3, 0.4) is 0 Å². The van der Waals surface area contributed by atoms with Crippen LogP contribution in [0.4, 0.5) is 5.82 Å². The molecule has 0 saturated heterocycles. The molecule has 0 radical (unpaired) electrons. The summed E-state index contributed by atoms with van der Waals surface area (Å²) in [5.74, 6) is -0.549. The molecule has 35 heavy (non-hydrogen) atoms. The predicted octanol–water partition coefficient (Wildman–Crippen LogP) is 2.76. The van der Waals surface area contributed by atoms with Crippen molar-refractivity contribution in [1.29, 1.82) is 0 Å². The Balaban J connectivity index is 1.51. The Labute approximate surface area is 204 Å². The average molecular weight is 469 g/mol. The molecular formula is C28H28N4O3. The first-order valence-electron chi connectivity index (χ1n) is 11.5. The van der Waals surface area contributed by atoms with Crippen molar-refractivity contribution in [2.45, 2.75) is 31.5 Å². The normalized spacial score (nSPS) is 12.6. The van der Waals surface area contributed by atoms with Gasteiger partial charge in [0.2, 0.25) is 11.8 Å². The number of aliphatic hydroxyl groups is 1. The van der Waals surface area contributed by atoms with Gasteiger partial charge >= 0.3 is 0 Å². The largest absolute Gasteiger partial charge is 0.384 e. The highest BCUT2D eigenvalue weighted by Crippen LogP contribution is 2.20. The molecule has 0 aliphatic rings. The Bertz CT molecular complexity index is 1290. The number of pyridine rings is 1. The van der Waals surface area contributed by atoms with Crippen LogP contribution in [0, 0.1) is 0 Å². The number of amides is 2. The standard InChI is InChI=1S/C28H28N4O3/c29-26-14-13-20(17-30-26)18-31-27(34)24(16-22-11-6-10-21-9-4-5-12-23(21)22)32-28(35)25(33)15-19-7-2-1-3-8-19/h1-14,17,24-25,33H,15-16,18H2,(H2,29,30)(H,31,34)(H,32,35)/t24-,25+/m0/s1. The molecule has 0 fully saturated rings. The number of benzene rings is 3. The molecule has 7 heteroatoms. The van der Waals surface area contributed by atoms with Crippen LogP contribution in [-0.4, -0.2) is 34.1 Å². The number of fused-ring (bicyclic) bond motifs is 1. The minimum atomic E-state index is -1.28. The second-order valence-corrected chi connectivity index (χ2v) is 8.42. The summed E-state index contributed by atoms with van der Waals surface area (Å²) in [6.45, 7) is 0.237. The zero-order valence-corrected chi connectivity index (χ0v) is 19.2. The lowest BCUT2D eigenvalue weighted by molar-refractivity contribution is -0.134. The van der Waals surface area contributed by atoms with Gasteiger partial charge in [-0.15, -0.1) is 0 Å². The number of nitrogens with two attached hydrogens (primary N) is 1. The molecule has 178 valence electrons. The number of carbonyl (C=O) groups is 2. The minimum absolute atomic E-state index is 0.159. The van der Waals surface area contributed by atoms with Crippen LogP contribution in [0.5, 0.6) is 0 Å². The van der Waals surface area contributed by atoms with Gasteiger partial charge < -0.3 is 21.5 Å². The number of rotatable bonds is 9. The van der Waals surface area contributed by atoms with Gasteiger partial charge in [0.1, 0.15) is 18.0 Å². The number of nitrogens with one attached hydrogen (secondary N) is 2. The van der Waals surface area contributed by atoms with E-state index in [1.807, 2.05) is 72.8 Å². The molecule has 7 nitrogen and oxygen atoms in total. The highest BCUT2D eigenvalue weighted by Gasteiger charge is 2.25. The molecule has 3 aromatic carbocycles. The third-order valence-corrected chi connectivity index (χ3v) is 5.83. The Hall–Kier alpha value is -4.23. The van der Waals surface area contributed by atoms with Gasteiger partial charge in [0.25, 0.3) is 0 Å². The number of hydrogen-bond donors (Lipinski definition) is 4. The number of carbonyl (C=O) groups excluding carboxylic acids is 2. The number of anilines is 1. The fraction of sp³-hybridized carbons (Fsp3) is 0.179. The van der Waals surface area contributed by atoms with E-state index in [2.05, 4.69) is 15.6 Å². The van der Waals surface area contributed by atoms with Gasteiger partial charge in [-0.2, -0.15) is 0 Å². The van der Waals surface area contributed by atoms with E-state index >= 15 is 0 Å². The Morgan fingerprint density at radius 2 is 1.57 bits per heavy atom. The van der Waals surface area contributed by atoms with Crippen LogP contribution in [0.1, 0.15) is 16.7 Å². The molecule has 4 aromatic rings. The van der Waals surface area contributed by atoms with E-state index in [-0.39, 0.29) is 25.3 Å². The van der Waals surface area contributed by atoms with E-state index in [0.717, 1.165) is 27.5 Å². The lowest BCUT2D eigenvalue weighted by Gasteiger charge is -2.21. The first-order valence-corrected chi connectivity index (χ1v) is 11.5. The smallest absolute Gasteiger partial charge is 0.249 e. The molecular weight excluding hydrogens is 440 g/mol. The number of aromatic nitrogens is 1. The first kappa shape index (κ1) is 23.9. The number of nitrogen functional groups attached to an aromatic ring is 1. The first-order chi connectivity index (χ1) is 17.0. The number of nitrogens with zero attached hydrogens (tertiary/aromatic N) is 1. The van der Waals surface area contributed by atoms with Crippen molar-refractivity contribution in [2.75, 3.05) is 5.73 Å². The Kier molecular flexibility index (Phi) is 7.70. The summed E-state index contributed by atoms with van der Waals surface area (Å²) in [7, 11) is 0. The van der Waals surface area contributed by atoms with Gasteiger partial charge in [-0.05, 0) is 33.5 Å². The van der Waals surface area contributed by atoms with Gasteiger partial charge in [0.15, 0.2) is 0 Å². The zero-order valence-electron chi connectivity index (χ0n) is 19.2. The minimum Gasteiger partial charge on any atom is -0.384 e. The van der Waals surface area contributed by atoms with Crippen LogP contribution in [0.15, 0.2) is 91.1 Å². The molecule has 1 aromatic heterocycles. The highest BCUT2D eigenvalue weighted by molar-refractivity contribution is 5.91. The number of aliphatic hydroxyl groups excluding tert-OH is 1. The van der Waals surface area contributed by atoms with Crippen LogP contribution in [0.2, 0.25) is 0 Å². The molecule has 0 aliphatic carbocycles. The molecule has 5 N–H and O–H groups in total. The van der Waals surface area contributed by atoms with Crippen molar-refractivity contribution in [3.05, 3.63) is 108 Å². The summed E-state index contributed by atoms with van der Waals surface area (Å²) in [5.41, 5.74) is 8.18. The van der Waals surface area contributed by atoms with E-state index in [1.54, 1.807) is 18.3 Å². The monoisotopic (exact) mass is 468 g/mol. The lowest BCUT2D eigenvalue weighted by atomic mass is 9.98. The fourth-order valence-electron chi connectivity index (χ4n) is 3.95. The van der Waals surface area contributed by atoms with Crippen LogP contribution in [0.25, 0.3) is 10.8 Å². The van der Waals surface area contributed by atoms with Crippen molar-refractivity contribution in [3.8, 4) is 0 Å². The molecule has 2 amide bonds. The van der Waals surface area contributed by atoms with Crippen LogP contribution < -0.4 is 16.4 Å². The third-order valence-electron chi connectivity index (χ3n) is 5.83. The lowest BCUT2D eigenvalue weighted by Crippen LogP contribution is -2.51. The molecule has 1 heterocycles. The van der Waals surface area contributed by atoms with Gasteiger partial charge in [-0.3, -0.25) is 9.59 Å². The van der Waals surface area contributed by atoms with E-state index in [4.69, 9.17) is 5.73 Å². The topological polar surface area (TPSA) is 117 Å². The van der Waals surface area contributed by atoms with Gasteiger partial charge in [0.05, 0.1) is 0 Å². The van der Waals surface area contributed by atoms with E-state index in [1.165, 1.54) is 0 Å². The second-order valence-electron chi connectivity index (χ2n) is 8.42. The van der Waals surface area contributed by atoms with Crippen molar-refractivity contribution >= 4 is 28.4 Å². The SMILES string of the molecule is Nc1ccc(CNC(=O)[C@H](Cc2cccc3ccccc23)NC(=O)[C@H](O)Cc2ccccc2)cn1. The van der Waals surface area contributed by atoms with E-state index < -0.39 is 18.1 Å². The maximum absolute atomic E-state index is 13.2. The van der Waals surface area contributed by atoms with E-state index in [9.17, 15) is 14.7 Å². The summed E-state index contributed by atoms with van der Waals surface area (Å²) < 4.78 is 0. The summed E-state index contributed by atoms with van der Waals surface area (Å²) in [4.78, 5) is 30.1. The maximum Gasteiger partial charge on any atom is 0.249 e. The van der Waals surface area contributed by atoms with Gasteiger partial charge in [0, 0.05) is 25.6 Å². The number of hydrogen-bond acceptors (Lipinski definition) is 5. The highest BCUT2D eigenvalue weighted by atomic mass is 16.3. The van der Waals surface area contributed by atoms with Gasteiger partial charge in [-0.1, -0.05) is 78.9 Å². The predicted molar refractivity (Wildman–Crippen MR) is 136 cm³/mol. The quantitative estimate of drug-likeness (QED) is 0.301. The summed E-state index contributed by atoms with van der Waals surface area (Å²) in [6.07, 6.45) is 0.752. The maximum atomic E-state index is 13.2. The average Bonchev–Trinajstić information content (AvgIpc) is 2.88. The zero-order chi connectivity index (χ0) is 24.6. The van der Waals surface area contributed by atoms with Gasteiger partial charge in [-0.25, -0.2) is 4.98 Å².